The van der Waals surface area contributed by atoms with Gasteiger partial charge in [0.05, 0.1) is 6.20 Å². The number of hydrogen-bond donors (Lipinski definition) is 1. The maximum absolute atomic E-state index is 11.9. The number of nitrogens with zero attached hydrogens (tertiary/aromatic N) is 4. The molecule has 116 valence electrons. The van der Waals surface area contributed by atoms with E-state index >= 15 is 0 Å². The van der Waals surface area contributed by atoms with Gasteiger partial charge in [0.25, 0.3) is 5.91 Å². The highest BCUT2D eigenvalue weighted by molar-refractivity contribution is 5.77. The van der Waals surface area contributed by atoms with Gasteiger partial charge in [0, 0.05) is 18.3 Å². The molecule has 3 rings (SSSR count). The van der Waals surface area contributed by atoms with E-state index in [1.807, 2.05) is 4.57 Å². The zero-order chi connectivity index (χ0) is 15.2. The molecule has 1 amide bonds. The van der Waals surface area contributed by atoms with E-state index in [0.29, 0.717) is 11.8 Å². The Hall–Kier alpha value is -2.44. The standard InChI is InChI=1S/C15H19N5O2/c21-15(9-22-14-2-1-7-16-8-14)19-12-3-5-13(6-4-12)20-10-17-18-11-20/h1-2,7-8,10-13H,3-6,9H2,(H,19,21). The molecule has 0 spiro atoms. The number of rotatable bonds is 5. The molecule has 1 saturated carbocycles. The molecule has 0 radical (unpaired) electrons. The van der Waals surface area contributed by atoms with E-state index in [-0.39, 0.29) is 18.6 Å². The van der Waals surface area contributed by atoms with E-state index in [1.165, 1.54) is 0 Å². The number of pyridine rings is 1. The quantitative estimate of drug-likeness (QED) is 0.901. The Morgan fingerprint density at radius 2 is 2.05 bits per heavy atom. The summed E-state index contributed by atoms with van der Waals surface area (Å²) in [5, 5.41) is 10.7. The number of carbonyl (C=O) groups is 1. The zero-order valence-electron chi connectivity index (χ0n) is 12.3. The number of aromatic nitrogens is 4. The average molecular weight is 301 g/mol. The molecular formula is C15H19N5O2. The van der Waals surface area contributed by atoms with Gasteiger partial charge in [-0.1, -0.05) is 0 Å². The van der Waals surface area contributed by atoms with Crippen LogP contribution in [0.4, 0.5) is 0 Å². The molecule has 1 aliphatic rings. The highest BCUT2D eigenvalue weighted by Crippen LogP contribution is 2.27. The van der Waals surface area contributed by atoms with E-state index in [9.17, 15) is 4.79 Å². The Morgan fingerprint density at radius 1 is 1.27 bits per heavy atom. The summed E-state index contributed by atoms with van der Waals surface area (Å²) in [5.74, 6) is 0.519. The van der Waals surface area contributed by atoms with Gasteiger partial charge in [0.2, 0.25) is 0 Å². The smallest absolute Gasteiger partial charge is 0.258 e. The third-order valence-electron chi connectivity index (χ3n) is 3.92. The molecule has 0 unspecified atom stereocenters. The summed E-state index contributed by atoms with van der Waals surface area (Å²) < 4.78 is 7.44. The van der Waals surface area contributed by atoms with Crippen LogP contribution in [-0.4, -0.2) is 38.3 Å². The van der Waals surface area contributed by atoms with Crippen molar-refractivity contribution in [3.8, 4) is 5.75 Å². The molecule has 2 heterocycles. The van der Waals surface area contributed by atoms with Crippen LogP contribution in [0.2, 0.25) is 0 Å². The summed E-state index contributed by atoms with van der Waals surface area (Å²) in [6, 6.07) is 4.22. The first-order chi connectivity index (χ1) is 10.8. The minimum absolute atomic E-state index is 0.0249. The van der Waals surface area contributed by atoms with Crippen molar-refractivity contribution in [1.29, 1.82) is 0 Å². The Bertz CT molecular complexity index is 579. The Labute approximate surface area is 128 Å². The third kappa shape index (κ3) is 3.81. The monoisotopic (exact) mass is 301 g/mol. The van der Waals surface area contributed by atoms with Crippen LogP contribution in [0.1, 0.15) is 31.7 Å². The normalized spacial score (nSPS) is 21.3. The van der Waals surface area contributed by atoms with Gasteiger partial charge in [-0.2, -0.15) is 0 Å². The zero-order valence-corrected chi connectivity index (χ0v) is 12.3. The van der Waals surface area contributed by atoms with Crippen molar-refractivity contribution in [2.75, 3.05) is 6.61 Å². The molecule has 7 nitrogen and oxygen atoms in total. The van der Waals surface area contributed by atoms with E-state index in [4.69, 9.17) is 4.74 Å². The first-order valence-corrected chi connectivity index (χ1v) is 7.47. The van der Waals surface area contributed by atoms with Crippen molar-refractivity contribution in [2.24, 2.45) is 0 Å². The second kappa shape index (κ2) is 7.02. The van der Waals surface area contributed by atoms with Crippen LogP contribution in [0.5, 0.6) is 5.75 Å². The molecule has 1 N–H and O–H groups in total. The van der Waals surface area contributed by atoms with Crippen molar-refractivity contribution in [3.05, 3.63) is 37.2 Å². The molecule has 0 bridgehead atoms. The van der Waals surface area contributed by atoms with Crippen LogP contribution in [0.15, 0.2) is 37.2 Å². The minimum Gasteiger partial charge on any atom is -0.482 e. The second-order valence-electron chi connectivity index (χ2n) is 5.46. The van der Waals surface area contributed by atoms with Gasteiger partial charge < -0.3 is 14.6 Å². The Morgan fingerprint density at radius 3 is 2.73 bits per heavy atom. The van der Waals surface area contributed by atoms with Gasteiger partial charge in [-0.3, -0.25) is 9.78 Å². The SMILES string of the molecule is O=C(COc1cccnc1)NC1CCC(n2cnnc2)CC1. The van der Waals surface area contributed by atoms with Crippen molar-refractivity contribution < 1.29 is 9.53 Å². The van der Waals surface area contributed by atoms with Gasteiger partial charge in [0.1, 0.15) is 18.4 Å². The van der Waals surface area contributed by atoms with Gasteiger partial charge in [-0.05, 0) is 37.8 Å². The Kier molecular flexibility index (Phi) is 4.62. The van der Waals surface area contributed by atoms with Crippen molar-refractivity contribution in [2.45, 2.75) is 37.8 Å². The molecule has 1 aliphatic carbocycles. The first kappa shape index (κ1) is 14.5. The predicted molar refractivity (Wildman–Crippen MR) is 79.2 cm³/mol. The van der Waals surface area contributed by atoms with Crippen molar-refractivity contribution in [3.63, 3.8) is 0 Å². The lowest BCUT2D eigenvalue weighted by molar-refractivity contribution is -0.124. The number of nitrogens with one attached hydrogen (secondary N) is 1. The summed E-state index contributed by atoms with van der Waals surface area (Å²) in [4.78, 5) is 15.9. The molecular weight excluding hydrogens is 282 g/mol. The molecule has 0 aromatic carbocycles. The second-order valence-corrected chi connectivity index (χ2v) is 5.46. The molecule has 2 aromatic rings. The van der Waals surface area contributed by atoms with Crippen LogP contribution in [0.3, 0.4) is 0 Å². The number of carbonyl (C=O) groups excluding carboxylic acids is 1. The molecule has 22 heavy (non-hydrogen) atoms. The van der Waals surface area contributed by atoms with Crippen LogP contribution >= 0.6 is 0 Å². The molecule has 7 heteroatoms. The average Bonchev–Trinajstić information content (AvgIpc) is 3.09. The maximum atomic E-state index is 11.9. The van der Waals surface area contributed by atoms with E-state index < -0.39 is 0 Å². The predicted octanol–water partition coefficient (Wildman–Crippen LogP) is 1.35. The lowest BCUT2D eigenvalue weighted by Gasteiger charge is -2.29. The molecule has 1 fully saturated rings. The van der Waals surface area contributed by atoms with Gasteiger partial charge in [0.15, 0.2) is 6.61 Å². The van der Waals surface area contributed by atoms with Gasteiger partial charge in [-0.25, -0.2) is 0 Å². The largest absolute Gasteiger partial charge is 0.482 e. The highest BCUT2D eigenvalue weighted by Gasteiger charge is 2.23. The van der Waals surface area contributed by atoms with Crippen molar-refractivity contribution in [1.82, 2.24) is 25.1 Å². The molecule has 2 aromatic heterocycles. The molecule has 0 saturated heterocycles. The number of hydrogen-bond acceptors (Lipinski definition) is 5. The summed E-state index contributed by atoms with van der Waals surface area (Å²) in [7, 11) is 0. The van der Waals surface area contributed by atoms with E-state index in [1.54, 1.807) is 37.2 Å². The summed E-state index contributed by atoms with van der Waals surface area (Å²) in [6.45, 7) is 0.0249. The Balaban J connectivity index is 1.40. The third-order valence-corrected chi connectivity index (χ3v) is 3.92. The van der Waals surface area contributed by atoms with Gasteiger partial charge in [-0.15, -0.1) is 10.2 Å². The fourth-order valence-electron chi connectivity index (χ4n) is 2.77. The van der Waals surface area contributed by atoms with Crippen LogP contribution < -0.4 is 10.1 Å². The topological polar surface area (TPSA) is 81.9 Å². The number of amides is 1. The fourth-order valence-corrected chi connectivity index (χ4v) is 2.77. The number of ether oxygens (including phenoxy) is 1. The van der Waals surface area contributed by atoms with E-state index in [0.717, 1.165) is 25.7 Å². The summed E-state index contributed by atoms with van der Waals surface area (Å²) in [6.07, 6.45) is 10.7. The maximum Gasteiger partial charge on any atom is 0.258 e. The van der Waals surface area contributed by atoms with E-state index in [2.05, 4.69) is 20.5 Å². The summed E-state index contributed by atoms with van der Waals surface area (Å²) in [5.41, 5.74) is 0. The van der Waals surface area contributed by atoms with Gasteiger partial charge >= 0.3 is 0 Å². The minimum atomic E-state index is -0.0865. The van der Waals surface area contributed by atoms with Crippen LogP contribution in [-0.2, 0) is 4.79 Å². The lowest BCUT2D eigenvalue weighted by atomic mass is 9.91. The lowest BCUT2D eigenvalue weighted by Crippen LogP contribution is -2.40. The summed E-state index contributed by atoms with van der Waals surface area (Å²) >= 11 is 0. The fraction of sp³-hybridized carbons (Fsp3) is 0.467. The molecule has 0 aliphatic heterocycles. The van der Waals surface area contributed by atoms with Crippen LogP contribution in [0, 0.1) is 0 Å². The molecule has 0 atom stereocenters. The first-order valence-electron chi connectivity index (χ1n) is 7.47. The highest BCUT2D eigenvalue weighted by atomic mass is 16.5. The van der Waals surface area contributed by atoms with Crippen molar-refractivity contribution >= 4 is 5.91 Å². The van der Waals surface area contributed by atoms with Crippen LogP contribution in [0.25, 0.3) is 0 Å².